The molecule has 0 spiro atoms. The van der Waals surface area contributed by atoms with Crippen LogP contribution in [0.5, 0.6) is 0 Å². The zero-order chi connectivity index (χ0) is 14.6. The van der Waals surface area contributed by atoms with Crippen molar-refractivity contribution in [2.24, 2.45) is 5.41 Å². The highest BCUT2D eigenvalue weighted by molar-refractivity contribution is 5.78. The first kappa shape index (κ1) is 15.1. The molecule has 6 nitrogen and oxygen atoms in total. The van der Waals surface area contributed by atoms with E-state index in [2.05, 4.69) is 5.32 Å². The summed E-state index contributed by atoms with van der Waals surface area (Å²) in [5.41, 5.74) is -0.737. The number of hydrogen-bond donors (Lipinski definition) is 2. The van der Waals surface area contributed by atoms with Gasteiger partial charge in [-0.1, -0.05) is 6.42 Å². The van der Waals surface area contributed by atoms with Crippen LogP contribution >= 0.6 is 0 Å². The first-order valence-electron chi connectivity index (χ1n) is 7.45. The van der Waals surface area contributed by atoms with Crippen molar-refractivity contribution in [1.29, 1.82) is 0 Å². The number of carbonyl (C=O) groups is 2. The maximum Gasteiger partial charge on any atom is 0.317 e. The third-order valence-corrected chi connectivity index (χ3v) is 4.46. The molecule has 1 aliphatic heterocycles. The minimum Gasteiger partial charge on any atom is -0.481 e. The fraction of sp³-hybridized carbons (Fsp3) is 0.857. The highest BCUT2D eigenvalue weighted by atomic mass is 16.5. The Labute approximate surface area is 119 Å². The molecule has 2 amide bonds. The largest absolute Gasteiger partial charge is 0.481 e. The lowest BCUT2D eigenvalue weighted by molar-refractivity contribution is -0.153. The van der Waals surface area contributed by atoms with Crippen molar-refractivity contribution in [3.8, 4) is 0 Å². The van der Waals surface area contributed by atoms with E-state index in [4.69, 9.17) is 4.74 Å². The zero-order valence-corrected chi connectivity index (χ0v) is 12.1. The molecule has 1 atom stereocenters. The summed E-state index contributed by atoms with van der Waals surface area (Å²) < 4.78 is 5.54. The number of carboxylic acids is 1. The van der Waals surface area contributed by atoms with Crippen molar-refractivity contribution in [3.63, 3.8) is 0 Å². The average Bonchev–Trinajstić information content (AvgIpc) is 2.86. The van der Waals surface area contributed by atoms with E-state index in [-0.39, 0.29) is 18.7 Å². The summed E-state index contributed by atoms with van der Waals surface area (Å²) in [5.74, 6) is -0.800. The van der Waals surface area contributed by atoms with E-state index in [0.29, 0.717) is 25.9 Å². The maximum atomic E-state index is 12.1. The van der Waals surface area contributed by atoms with Crippen molar-refractivity contribution >= 4 is 12.0 Å². The van der Waals surface area contributed by atoms with E-state index in [0.717, 1.165) is 25.9 Å². The first-order chi connectivity index (χ1) is 9.57. The van der Waals surface area contributed by atoms with Gasteiger partial charge in [0.2, 0.25) is 0 Å². The molecule has 0 bridgehead atoms. The quantitative estimate of drug-likeness (QED) is 0.774. The van der Waals surface area contributed by atoms with E-state index >= 15 is 0 Å². The van der Waals surface area contributed by atoms with Crippen LogP contribution in [0.3, 0.4) is 0 Å². The van der Waals surface area contributed by atoms with Crippen molar-refractivity contribution in [1.82, 2.24) is 10.2 Å². The van der Waals surface area contributed by atoms with Crippen LogP contribution in [-0.4, -0.2) is 54.4 Å². The summed E-state index contributed by atoms with van der Waals surface area (Å²) >= 11 is 0. The Morgan fingerprint density at radius 1 is 1.40 bits per heavy atom. The molecule has 1 saturated carbocycles. The predicted octanol–water partition coefficient (Wildman–Crippen LogP) is 1.45. The second kappa shape index (κ2) is 6.43. The molecule has 20 heavy (non-hydrogen) atoms. The summed E-state index contributed by atoms with van der Waals surface area (Å²) in [6, 6.07) is -0.185. The number of nitrogens with zero attached hydrogens (tertiary/aromatic N) is 1. The molecule has 0 radical (unpaired) electrons. The van der Waals surface area contributed by atoms with Gasteiger partial charge in [-0.3, -0.25) is 4.79 Å². The van der Waals surface area contributed by atoms with Gasteiger partial charge in [0.25, 0.3) is 0 Å². The predicted molar refractivity (Wildman–Crippen MR) is 73.5 cm³/mol. The number of hydrogen-bond acceptors (Lipinski definition) is 3. The van der Waals surface area contributed by atoms with Crippen LogP contribution in [0.2, 0.25) is 0 Å². The molecule has 114 valence electrons. The number of rotatable bonds is 6. The summed E-state index contributed by atoms with van der Waals surface area (Å²) in [7, 11) is 0. The van der Waals surface area contributed by atoms with Crippen molar-refractivity contribution in [2.45, 2.75) is 45.1 Å². The molecular formula is C14H24N2O4. The fourth-order valence-corrected chi connectivity index (χ4v) is 2.82. The molecule has 0 aromatic heterocycles. The number of ether oxygens (including phenoxy) is 1. The topological polar surface area (TPSA) is 78.9 Å². The van der Waals surface area contributed by atoms with E-state index in [1.807, 2.05) is 6.92 Å². The van der Waals surface area contributed by atoms with Gasteiger partial charge in [-0.2, -0.15) is 0 Å². The van der Waals surface area contributed by atoms with E-state index < -0.39 is 11.4 Å². The van der Waals surface area contributed by atoms with Gasteiger partial charge in [0.1, 0.15) is 0 Å². The number of carboxylic acid groups (broad SMARTS) is 1. The molecule has 2 rings (SSSR count). The molecule has 1 heterocycles. The Bertz CT molecular complexity index is 362. The molecular weight excluding hydrogens is 260 g/mol. The van der Waals surface area contributed by atoms with Crippen LogP contribution in [-0.2, 0) is 9.53 Å². The lowest BCUT2D eigenvalue weighted by Crippen LogP contribution is -2.51. The standard InChI is InChI=1S/C14H24N2O4/c1-2-16(9-11-5-3-8-20-11)13(19)15-10-14(12(17)18)6-4-7-14/h11H,2-10H2,1H3,(H,15,19)(H,17,18). The van der Waals surface area contributed by atoms with Gasteiger partial charge in [-0.15, -0.1) is 0 Å². The molecule has 1 aliphatic carbocycles. The van der Waals surface area contributed by atoms with Gasteiger partial charge in [-0.25, -0.2) is 4.79 Å². The van der Waals surface area contributed by atoms with Crippen LogP contribution in [0.15, 0.2) is 0 Å². The summed E-state index contributed by atoms with van der Waals surface area (Å²) in [6.07, 6.45) is 4.39. The summed E-state index contributed by atoms with van der Waals surface area (Å²) in [4.78, 5) is 25.1. The minimum absolute atomic E-state index is 0.123. The lowest BCUT2D eigenvalue weighted by atomic mass is 9.69. The van der Waals surface area contributed by atoms with Crippen LogP contribution in [0.1, 0.15) is 39.0 Å². The van der Waals surface area contributed by atoms with Crippen LogP contribution in [0.25, 0.3) is 0 Å². The van der Waals surface area contributed by atoms with Gasteiger partial charge < -0.3 is 20.1 Å². The lowest BCUT2D eigenvalue weighted by Gasteiger charge is -2.38. The van der Waals surface area contributed by atoms with Crippen LogP contribution in [0.4, 0.5) is 4.79 Å². The molecule has 6 heteroatoms. The van der Waals surface area contributed by atoms with Gasteiger partial charge >= 0.3 is 12.0 Å². The van der Waals surface area contributed by atoms with Crippen molar-refractivity contribution in [3.05, 3.63) is 0 Å². The SMILES string of the molecule is CCN(CC1CCCO1)C(=O)NCC1(C(=O)O)CCC1. The van der Waals surface area contributed by atoms with Crippen LogP contribution in [0, 0.1) is 5.41 Å². The fourth-order valence-electron chi connectivity index (χ4n) is 2.82. The Morgan fingerprint density at radius 2 is 2.15 bits per heavy atom. The Balaban J connectivity index is 1.81. The number of likely N-dealkylation sites (N-methyl/N-ethyl adjacent to an activating group) is 1. The Morgan fingerprint density at radius 3 is 2.60 bits per heavy atom. The van der Waals surface area contributed by atoms with Gasteiger partial charge in [0, 0.05) is 26.2 Å². The van der Waals surface area contributed by atoms with Gasteiger partial charge in [-0.05, 0) is 32.6 Å². The monoisotopic (exact) mass is 284 g/mol. The summed E-state index contributed by atoms with van der Waals surface area (Å²) in [6.45, 7) is 4.11. The normalized spacial score (nSPS) is 23.9. The number of amides is 2. The second-order valence-electron chi connectivity index (χ2n) is 5.77. The van der Waals surface area contributed by atoms with Gasteiger partial charge in [0.15, 0.2) is 0 Å². The van der Waals surface area contributed by atoms with E-state index in [1.54, 1.807) is 4.90 Å². The third kappa shape index (κ3) is 3.23. The number of carbonyl (C=O) groups excluding carboxylic acids is 1. The Hall–Kier alpha value is -1.30. The highest BCUT2D eigenvalue weighted by Gasteiger charge is 2.44. The molecule has 2 aliphatic rings. The number of urea groups is 1. The average molecular weight is 284 g/mol. The third-order valence-electron chi connectivity index (χ3n) is 4.46. The van der Waals surface area contributed by atoms with E-state index in [1.165, 1.54) is 0 Å². The Kier molecular flexibility index (Phi) is 4.86. The van der Waals surface area contributed by atoms with Crippen LogP contribution < -0.4 is 5.32 Å². The van der Waals surface area contributed by atoms with Gasteiger partial charge in [0.05, 0.1) is 11.5 Å². The zero-order valence-electron chi connectivity index (χ0n) is 12.1. The summed E-state index contributed by atoms with van der Waals surface area (Å²) in [5, 5.41) is 12.0. The molecule has 2 N–H and O–H groups in total. The highest BCUT2D eigenvalue weighted by Crippen LogP contribution is 2.40. The number of aliphatic carboxylic acids is 1. The maximum absolute atomic E-state index is 12.1. The molecule has 0 aromatic carbocycles. The molecule has 0 aromatic rings. The first-order valence-corrected chi connectivity index (χ1v) is 7.45. The number of nitrogens with one attached hydrogen (secondary N) is 1. The van der Waals surface area contributed by atoms with Crippen molar-refractivity contribution in [2.75, 3.05) is 26.2 Å². The smallest absolute Gasteiger partial charge is 0.317 e. The molecule has 1 unspecified atom stereocenters. The second-order valence-corrected chi connectivity index (χ2v) is 5.77. The van der Waals surface area contributed by atoms with Crippen molar-refractivity contribution < 1.29 is 19.4 Å². The minimum atomic E-state index is -0.800. The molecule has 1 saturated heterocycles. The van der Waals surface area contributed by atoms with E-state index in [9.17, 15) is 14.7 Å². The molecule has 2 fully saturated rings.